The SMILES string of the molecule is C=C/C=C(C=C)/C(C)=C/C=C(\C)Nc1ccc(-c2ccccc2)cc1. The highest BCUT2D eigenvalue weighted by molar-refractivity contribution is 5.66. The van der Waals surface area contributed by atoms with E-state index in [0.29, 0.717) is 0 Å². The van der Waals surface area contributed by atoms with Gasteiger partial charge in [-0.15, -0.1) is 0 Å². The van der Waals surface area contributed by atoms with E-state index in [1.807, 2.05) is 18.2 Å². The van der Waals surface area contributed by atoms with Crippen molar-refractivity contribution < 1.29 is 0 Å². The number of benzene rings is 2. The Morgan fingerprint density at radius 1 is 0.800 bits per heavy atom. The van der Waals surface area contributed by atoms with E-state index < -0.39 is 0 Å². The van der Waals surface area contributed by atoms with Crippen LogP contribution in [0.3, 0.4) is 0 Å². The number of allylic oxidation sites excluding steroid dienone is 8. The van der Waals surface area contributed by atoms with Gasteiger partial charge in [-0.25, -0.2) is 0 Å². The third kappa shape index (κ3) is 5.50. The number of anilines is 1. The molecule has 0 spiro atoms. The summed E-state index contributed by atoms with van der Waals surface area (Å²) >= 11 is 0. The Morgan fingerprint density at radius 3 is 2.04 bits per heavy atom. The van der Waals surface area contributed by atoms with Crippen molar-refractivity contribution in [3.05, 3.63) is 115 Å². The van der Waals surface area contributed by atoms with E-state index in [9.17, 15) is 0 Å². The number of nitrogens with one attached hydrogen (secondary N) is 1. The summed E-state index contributed by atoms with van der Waals surface area (Å²) in [5.41, 5.74) is 6.82. The van der Waals surface area contributed by atoms with E-state index >= 15 is 0 Å². The predicted octanol–water partition coefficient (Wildman–Crippen LogP) is 6.91. The van der Waals surface area contributed by atoms with Crippen LogP contribution in [0.5, 0.6) is 0 Å². The molecule has 1 heteroatoms. The number of hydrogen-bond acceptors (Lipinski definition) is 1. The lowest BCUT2D eigenvalue weighted by atomic mass is 10.1. The second kappa shape index (κ2) is 9.29. The Hall–Kier alpha value is -3.06. The van der Waals surface area contributed by atoms with Gasteiger partial charge in [0.1, 0.15) is 0 Å². The lowest BCUT2D eigenvalue weighted by Gasteiger charge is -2.08. The van der Waals surface area contributed by atoms with Crippen molar-refractivity contribution in [2.75, 3.05) is 5.32 Å². The lowest BCUT2D eigenvalue weighted by Crippen LogP contribution is -1.95. The van der Waals surface area contributed by atoms with Crippen molar-refractivity contribution in [3.8, 4) is 11.1 Å². The molecule has 0 amide bonds. The molecule has 0 radical (unpaired) electrons. The molecule has 0 bridgehead atoms. The zero-order valence-electron chi connectivity index (χ0n) is 15.0. The molecule has 0 aromatic heterocycles. The average Bonchev–Trinajstić information content (AvgIpc) is 2.65. The van der Waals surface area contributed by atoms with Crippen LogP contribution in [-0.2, 0) is 0 Å². The topological polar surface area (TPSA) is 12.0 Å². The Balaban J connectivity index is 2.07. The van der Waals surface area contributed by atoms with Gasteiger partial charge in [-0.1, -0.05) is 79.9 Å². The number of rotatable bonds is 7. The highest BCUT2D eigenvalue weighted by atomic mass is 14.9. The minimum absolute atomic E-state index is 1.07. The van der Waals surface area contributed by atoms with E-state index in [2.05, 4.69) is 93.0 Å². The normalized spacial score (nSPS) is 12.6. The smallest absolute Gasteiger partial charge is 0.0382 e. The molecule has 0 unspecified atom stereocenters. The summed E-state index contributed by atoms with van der Waals surface area (Å²) in [7, 11) is 0. The Morgan fingerprint density at radius 2 is 1.44 bits per heavy atom. The predicted molar refractivity (Wildman–Crippen MR) is 111 cm³/mol. The van der Waals surface area contributed by atoms with E-state index in [-0.39, 0.29) is 0 Å². The van der Waals surface area contributed by atoms with Gasteiger partial charge in [0.25, 0.3) is 0 Å². The van der Waals surface area contributed by atoms with Gasteiger partial charge < -0.3 is 5.32 Å². The molecule has 1 nitrogen and oxygen atoms in total. The van der Waals surface area contributed by atoms with Crippen LogP contribution in [-0.4, -0.2) is 0 Å². The molecule has 0 atom stereocenters. The molecule has 0 aliphatic carbocycles. The Bertz CT molecular complexity index is 803. The van der Waals surface area contributed by atoms with Crippen molar-refractivity contribution in [1.29, 1.82) is 0 Å². The first-order valence-corrected chi connectivity index (χ1v) is 8.37. The van der Waals surface area contributed by atoms with Gasteiger partial charge >= 0.3 is 0 Å². The van der Waals surface area contributed by atoms with Gasteiger partial charge in [0.15, 0.2) is 0 Å². The maximum Gasteiger partial charge on any atom is 0.0382 e. The standard InChI is InChI=1S/C24H25N/c1-5-10-21(6-2)19(3)13-14-20(4)25-24-17-15-23(16-18-24)22-11-8-7-9-12-22/h5-18,25H,1-2H2,3-4H3/b19-13+,20-14+,21-10+. The molecule has 2 aromatic rings. The lowest BCUT2D eigenvalue weighted by molar-refractivity contribution is 1.36. The summed E-state index contributed by atoms with van der Waals surface area (Å²) in [6, 6.07) is 18.9. The molecule has 0 saturated carbocycles. The Labute approximate surface area is 151 Å². The maximum absolute atomic E-state index is 3.84. The molecule has 0 heterocycles. The van der Waals surface area contributed by atoms with Gasteiger partial charge in [-0.2, -0.15) is 0 Å². The quantitative estimate of drug-likeness (QED) is 0.544. The molecule has 1 N–H and O–H groups in total. The van der Waals surface area contributed by atoms with Crippen molar-refractivity contribution >= 4 is 5.69 Å². The Kier molecular flexibility index (Phi) is 6.79. The van der Waals surface area contributed by atoms with Crippen molar-refractivity contribution in [3.63, 3.8) is 0 Å². The molecule has 0 aliphatic rings. The summed E-state index contributed by atoms with van der Waals surface area (Å²) < 4.78 is 0. The van der Waals surface area contributed by atoms with E-state index in [4.69, 9.17) is 0 Å². The van der Waals surface area contributed by atoms with Crippen LogP contribution in [0.1, 0.15) is 13.8 Å². The molecule has 2 aromatic carbocycles. The van der Waals surface area contributed by atoms with Gasteiger partial charge in [0.05, 0.1) is 0 Å². The fourth-order valence-corrected chi connectivity index (χ4v) is 2.48. The molecule has 126 valence electrons. The first-order chi connectivity index (χ1) is 12.1. The molecule has 2 rings (SSSR count). The zero-order valence-corrected chi connectivity index (χ0v) is 15.0. The highest BCUT2D eigenvalue weighted by Gasteiger charge is 1.98. The largest absolute Gasteiger partial charge is 0.359 e. The first-order valence-electron chi connectivity index (χ1n) is 8.37. The van der Waals surface area contributed by atoms with Gasteiger partial charge in [-0.05, 0) is 54.3 Å². The third-order valence-corrected chi connectivity index (χ3v) is 3.89. The number of hydrogen-bond donors (Lipinski definition) is 1. The average molecular weight is 327 g/mol. The van der Waals surface area contributed by atoms with Crippen LogP contribution in [0.2, 0.25) is 0 Å². The summed E-state index contributed by atoms with van der Waals surface area (Å²) in [5, 5.41) is 3.42. The molecule has 0 aliphatic heterocycles. The van der Waals surface area contributed by atoms with Gasteiger partial charge in [0, 0.05) is 11.4 Å². The van der Waals surface area contributed by atoms with Gasteiger partial charge in [-0.3, -0.25) is 0 Å². The molecular weight excluding hydrogens is 302 g/mol. The summed E-state index contributed by atoms with van der Waals surface area (Å²) in [6.45, 7) is 11.7. The van der Waals surface area contributed by atoms with Crippen LogP contribution >= 0.6 is 0 Å². The van der Waals surface area contributed by atoms with Crippen molar-refractivity contribution in [2.24, 2.45) is 0 Å². The van der Waals surface area contributed by atoms with E-state index in [0.717, 1.165) is 22.5 Å². The minimum atomic E-state index is 1.07. The maximum atomic E-state index is 3.84. The van der Waals surface area contributed by atoms with Gasteiger partial charge in [0.2, 0.25) is 0 Å². The second-order valence-electron chi connectivity index (χ2n) is 5.83. The van der Waals surface area contributed by atoms with E-state index in [1.54, 1.807) is 6.08 Å². The fraction of sp³-hybridized carbons (Fsp3) is 0.0833. The third-order valence-electron chi connectivity index (χ3n) is 3.89. The van der Waals surface area contributed by atoms with E-state index in [1.165, 1.54) is 11.1 Å². The van der Waals surface area contributed by atoms with Crippen molar-refractivity contribution in [1.82, 2.24) is 0 Å². The minimum Gasteiger partial charge on any atom is -0.359 e. The zero-order chi connectivity index (χ0) is 18.1. The van der Waals surface area contributed by atoms with Crippen LogP contribution in [0.15, 0.2) is 115 Å². The van der Waals surface area contributed by atoms with Crippen molar-refractivity contribution in [2.45, 2.75) is 13.8 Å². The first kappa shape index (κ1) is 18.3. The summed E-state index contributed by atoms with van der Waals surface area (Å²) in [5.74, 6) is 0. The summed E-state index contributed by atoms with van der Waals surface area (Å²) in [6.07, 6.45) is 9.72. The van der Waals surface area contributed by atoms with Crippen LogP contribution in [0, 0.1) is 0 Å². The highest BCUT2D eigenvalue weighted by Crippen LogP contribution is 2.21. The molecule has 0 fully saturated rings. The van der Waals surface area contributed by atoms with Crippen LogP contribution < -0.4 is 5.32 Å². The molecule has 25 heavy (non-hydrogen) atoms. The molecule has 0 saturated heterocycles. The van der Waals surface area contributed by atoms with Crippen LogP contribution in [0.4, 0.5) is 5.69 Å². The monoisotopic (exact) mass is 327 g/mol. The van der Waals surface area contributed by atoms with Crippen LogP contribution in [0.25, 0.3) is 11.1 Å². The fourth-order valence-electron chi connectivity index (χ4n) is 2.48. The summed E-state index contributed by atoms with van der Waals surface area (Å²) in [4.78, 5) is 0. The molecular formula is C24H25N. The second-order valence-corrected chi connectivity index (χ2v) is 5.83.